The fraction of sp³-hybridized carbons (Fsp3) is 0. The van der Waals surface area contributed by atoms with Crippen molar-refractivity contribution in [1.82, 2.24) is 15.0 Å². The smallest absolute Gasteiger partial charge is 0.160 e. The second-order valence-electron chi connectivity index (χ2n) is 14.0. The lowest BCUT2D eigenvalue weighted by atomic mass is 9.93. The highest BCUT2D eigenvalue weighted by Crippen LogP contribution is 2.43. The first kappa shape index (κ1) is 31.9. The summed E-state index contributed by atoms with van der Waals surface area (Å²) in [5, 5.41) is 4.37. The Bertz CT molecular complexity index is 3220. The van der Waals surface area contributed by atoms with E-state index in [1.54, 1.807) is 0 Å². The molecule has 0 amide bonds. The molecule has 5 heteroatoms. The number of furan rings is 2. The zero-order valence-electron chi connectivity index (χ0n) is 30.1. The predicted octanol–water partition coefficient (Wildman–Crippen LogP) is 13.7. The zero-order valence-corrected chi connectivity index (χ0v) is 30.1. The predicted molar refractivity (Wildman–Crippen MR) is 227 cm³/mol. The number of para-hydroxylation sites is 2. The Kier molecular flexibility index (Phi) is 7.42. The van der Waals surface area contributed by atoms with Crippen molar-refractivity contribution >= 4 is 43.9 Å². The van der Waals surface area contributed by atoms with E-state index in [-0.39, 0.29) is 0 Å². The molecule has 0 fully saturated rings. The first-order valence-corrected chi connectivity index (χ1v) is 18.7. The second kappa shape index (κ2) is 13.0. The molecule has 0 saturated heterocycles. The van der Waals surface area contributed by atoms with Crippen LogP contribution < -0.4 is 0 Å². The van der Waals surface area contributed by atoms with Crippen LogP contribution in [0.25, 0.3) is 111 Å². The summed E-state index contributed by atoms with van der Waals surface area (Å²) in [5.41, 5.74) is 14.8. The average Bonchev–Trinajstić information content (AvgIpc) is 3.85. The Labute approximate surface area is 322 Å². The molecule has 262 valence electrons. The maximum Gasteiger partial charge on any atom is 0.160 e. The molecule has 0 aliphatic rings. The van der Waals surface area contributed by atoms with Gasteiger partial charge >= 0.3 is 0 Å². The van der Waals surface area contributed by atoms with Gasteiger partial charge in [0, 0.05) is 56.2 Å². The topological polar surface area (TPSA) is 65.0 Å². The van der Waals surface area contributed by atoms with Crippen molar-refractivity contribution < 1.29 is 8.83 Å². The molecule has 4 aromatic heterocycles. The van der Waals surface area contributed by atoms with Crippen LogP contribution in [0.15, 0.2) is 197 Å². The Morgan fingerprint density at radius 3 is 1.62 bits per heavy atom. The maximum atomic E-state index is 6.67. The summed E-state index contributed by atoms with van der Waals surface area (Å²) in [5.74, 6) is 0.684. The number of pyridine rings is 1. The summed E-state index contributed by atoms with van der Waals surface area (Å²) < 4.78 is 12.8. The molecule has 11 aromatic rings. The van der Waals surface area contributed by atoms with E-state index < -0.39 is 0 Å². The van der Waals surface area contributed by atoms with Crippen molar-refractivity contribution in [2.75, 3.05) is 0 Å². The SMILES string of the molecule is c1ccc(-c2nc(-c3ccc(-c4ccncc4)cc3)cc(-c3ccc(-c4ccc(-c5ccc6oc7ccccc7c6c5)c5oc6ccccc6c45)cc3)n2)cc1. The minimum absolute atomic E-state index is 0.684. The lowest BCUT2D eigenvalue weighted by Gasteiger charge is -2.11. The van der Waals surface area contributed by atoms with Crippen molar-refractivity contribution in [2.45, 2.75) is 0 Å². The number of fused-ring (bicyclic) bond motifs is 6. The summed E-state index contributed by atoms with van der Waals surface area (Å²) in [6.45, 7) is 0. The van der Waals surface area contributed by atoms with Gasteiger partial charge in [-0.2, -0.15) is 0 Å². The van der Waals surface area contributed by atoms with Crippen LogP contribution in [0.3, 0.4) is 0 Å². The molecule has 7 aromatic carbocycles. The molecule has 0 atom stereocenters. The fourth-order valence-corrected chi connectivity index (χ4v) is 7.85. The van der Waals surface area contributed by atoms with Crippen LogP contribution in [0.2, 0.25) is 0 Å². The summed E-state index contributed by atoms with van der Waals surface area (Å²) in [4.78, 5) is 14.3. The summed E-state index contributed by atoms with van der Waals surface area (Å²) in [6, 6.07) is 60.7. The number of benzene rings is 7. The van der Waals surface area contributed by atoms with Gasteiger partial charge in [0.2, 0.25) is 0 Å². The molecule has 0 aliphatic heterocycles. The van der Waals surface area contributed by atoms with Gasteiger partial charge < -0.3 is 8.83 Å². The van der Waals surface area contributed by atoms with Crippen molar-refractivity contribution in [3.05, 3.63) is 188 Å². The Balaban J connectivity index is 1.01. The molecule has 0 saturated carbocycles. The molecule has 56 heavy (non-hydrogen) atoms. The van der Waals surface area contributed by atoms with Crippen LogP contribution in [0.1, 0.15) is 0 Å². The highest BCUT2D eigenvalue weighted by Gasteiger charge is 2.19. The van der Waals surface area contributed by atoms with Crippen LogP contribution in [0.5, 0.6) is 0 Å². The van der Waals surface area contributed by atoms with Gasteiger partial charge in [0.25, 0.3) is 0 Å². The van der Waals surface area contributed by atoms with Gasteiger partial charge in [-0.25, -0.2) is 9.97 Å². The van der Waals surface area contributed by atoms with E-state index >= 15 is 0 Å². The number of aromatic nitrogens is 3. The average molecular weight is 718 g/mol. The molecule has 0 unspecified atom stereocenters. The molecule has 0 N–H and O–H groups in total. The van der Waals surface area contributed by atoms with Gasteiger partial charge in [-0.1, -0.05) is 127 Å². The number of hydrogen-bond donors (Lipinski definition) is 0. The minimum atomic E-state index is 0.684. The normalized spacial score (nSPS) is 11.6. The van der Waals surface area contributed by atoms with Crippen molar-refractivity contribution in [1.29, 1.82) is 0 Å². The molecule has 0 spiro atoms. The summed E-state index contributed by atoms with van der Waals surface area (Å²) in [6.07, 6.45) is 3.63. The van der Waals surface area contributed by atoms with E-state index in [9.17, 15) is 0 Å². The van der Waals surface area contributed by atoms with Crippen LogP contribution in [0.4, 0.5) is 0 Å². The lowest BCUT2D eigenvalue weighted by molar-refractivity contribution is 0.668. The van der Waals surface area contributed by atoms with E-state index in [0.29, 0.717) is 5.82 Å². The van der Waals surface area contributed by atoms with E-state index in [4.69, 9.17) is 18.8 Å². The molecule has 0 aliphatic carbocycles. The molecule has 0 bridgehead atoms. The Morgan fingerprint density at radius 2 is 0.893 bits per heavy atom. The van der Waals surface area contributed by atoms with Gasteiger partial charge in [-0.15, -0.1) is 0 Å². The third kappa shape index (κ3) is 5.45. The third-order valence-corrected chi connectivity index (χ3v) is 10.7. The van der Waals surface area contributed by atoms with Crippen LogP contribution >= 0.6 is 0 Å². The number of hydrogen-bond acceptors (Lipinski definition) is 5. The first-order chi connectivity index (χ1) is 27.7. The van der Waals surface area contributed by atoms with E-state index in [2.05, 4.69) is 126 Å². The van der Waals surface area contributed by atoms with Crippen molar-refractivity contribution in [2.24, 2.45) is 0 Å². The molecular weight excluding hydrogens is 687 g/mol. The van der Waals surface area contributed by atoms with Gasteiger partial charge in [-0.3, -0.25) is 4.98 Å². The van der Waals surface area contributed by atoms with E-state index in [1.165, 1.54) is 0 Å². The molecular formula is C51H31N3O2. The fourth-order valence-electron chi connectivity index (χ4n) is 7.85. The highest BCUT2D eigenvalue weighted by atomic mass is 16.3. The number of nitrogens with zero attached hydrogens (tertiary/aromatic N) is 3. The van der Waals surface area contributed by atoms with Crippen LogP contribution in [-0.2, 0) is 0 Å². The standard InChI is InChI=1S/C51H31N3O2/c1-2-8-37(9-3-1)51-53-44(35-18-14-32(15-19-35)33-26-28-52-29-27-33)31-45(54-51)36-20-16-34(17-21-36)39-23-24-40(50-49(39)42-11-5-7-13-47(42)56-50)38-22-25-48-43(30-38)41-10-4-6-12-46(41)55-48/h1-31H. The molecule has 5 nitrogen and oxygen atoms in total. The monoisotopic (exact) mass is 717 g/mol. The quantitative estimate of drug-likeness (QED) is 0.171. The lowest BCUT2D eigenvalue weighted by Crippen LogP contribution is -1.96. The van der Waals surface area contributed by atoms with Crippen LogP contribution in [0, 0.1) is 0 Å². The first-order valence-electron chi connectivity index (χ1n) is 18.7. The van der Waals surface area contributed by atoms with Crippen LogP contribution in [-0.4, -0.2) is 15.0 Å². The highest BCUT2D eigenvalue weighted by molar-refractivity contribution is 6.17. The van der Waals surface area contributed by atoms with E-state index in [0.717, 1.165) is 105 Å². The van der Waals surface area contributed by atoms with Gasteiger partial charge in [-0.05, 0) is 76.3 Å². The van der Waals surface area contributed by atoms with Gasteiger partial charge in [0.1, 0.15) is 22.3 Å². The van der Waals surface area contributed by atoms with Gasteiger partial charge in [0.15, 0.2) is 5.82 Å². The second-order valence-corrected chi connectivity index (χ2v) is 14.0. The Hall–Kier alpha value is -7.63. The third-order valence-electron chi connectivity index (χ3n) is 10.7. The maximum absolute atomic E-state index is 6.67. The van der Waals surface area contributed by atoms with Crippen molar-refractivity contribution in [3.8, 4) is 67.3 Å². The van der Waals surface area contributed by atoms with E-state index in [1.807, 2.05) is 67.0 Å². The summed E-state index contributed by atoms with van der Waals surface area (Å²) in [7, 11) is 0. The molecule has 0 radical (unpaired) electrons. The zero-order chi connectivity index (χ0) is 37.0. The molecule has 4 heterocycles. The minimum Gasteiger partial charge on any atom is -0.456 e. The number of rotatable bonds is 6. The molecule has 11 rings (SSSR count). The Morgan fingerprint density at radius 1 is 0.339 bits per heavy atom. The largest absolute Gasteiger partial charge is 0.456 e. The summed E-state index contributed by atoms with van der Waals surface area (Å²) >= 11 is 0. The van der Waals surface area contributed by atoms with Gasteiger partial charge in [0.05, 0.1) is 11.4 Å². The van der Waals surface area contributed by atoms with Crippen molar-refractivity contribution in [3.63, 3.8) is 0 Å².